The zero-order valence-electron chi connectivity index (χ0n) is 5.43. The summed E-state index contributed by atoms with van der Waals surface area (Å²) in [6.07, 6.45) is 1.63. The Bertz CT molecular complexity index is 247. The van der Waals surface area contributed by atoms with Gasteiger partial charge in [0.25, 0.3) is 5.56 Å². The number of H-pyrrole nitrogens is 1. The Balaban J connectivity index is 3.20. The van der Waals surface area contributed by atoms with Crippen molar-refractivity contribution in [2.75, 3.05) is 12.4 Å². The van der Waals surface area contributed by atoms with E-state index >= 15 is 0 Å². The van der Waals surface area contributed by atoms with Crippen LogP contribution in [0.4, 0.5) is 5.69 Å². The minimum absolute atomic E-state index is 0.0301. The standard InChI is InChI=1S/C5H9N3O/c1-6-4-3-7-8(2)5(4)9/h3,6-7H,1-2H3. The monoisotopic (exact) mass is 127 g/mol. The molecular formula is C5H9N3O. The fourth-order valence-corrected chi connectivity index (χ4v) is 0.642. The molecule has 0 radical (unpaired) electrons. The van der Waals surface area contributed by atoms with Crippen LogP contribution in [-0.2, 0) is 7.05 Å². The van der Waals surface area contributed by atoms with Crippen molar-refractivity contribution >= 4 is 5.69 Å². The highest BCUT2D eigenvalue weighted by Gasteiger charge is 1.96. The second kappa shape index (κ2) is 1.97. The van der Waals surface area contributed by atoms with Crippen molar-refractivity contribution < 1.29 is 0 Å². The maximum atomic E-state index is 10.9. The molecule has 4 heteroatoms. The second-order valence-electron chi connectivity index (χ2n) is 1.80. The Labute approximate surface area is 52.5 Å². The molecule has 50 valence electrons. The van der Waals surface area contributed by atoms with Crippen molar-refractivity contribution in [1.82, 2.24) is 9.78 Å². The maximum Gasteiger partial charge on any atom is 0.289 e. The van der Waals surface area contributed by atoms with Gasteiger partial charge in [-0.3, -0.25) is 9.48 Å². The van der Waals surface area contributed by atoms with Gasteiger partial charge in [-0.15, -0.1) is 0 Å². The van der Waals surface area contributed by atoms with E-state index in [1.54, 1.807) is 20.3 Å². The molecule has 0 aliphatic heterocycles. The molecule has 2 N–H and O–H groups in total. The van der Waals surface area contributed by atoms with Gasteiger partial charge in [-0.2, -0.15) is 0 Å². The molecule has 0 saturated heterocycles. The molecule has 0 saturated carbocycles. The minimum atomic E-state index is -0.0301. The molecule has 1 heterocycles. The fraction of sp³-hybridized carbons (Fsp3) is 0.400. The zero-order valence-corrected chi connectivity index (χ0v) is 5.43. The Morgan fingerprint density at radius 2 is 2.44 bits per heavy atom. The lowest BCUT2D eigenvalue weighted by Crippen LogP contribution is -2.14. The van der Waals surface area contributed by atoms with Crippen molar-refractivity contribution in [3.05, 3.63) is 16.6 Å². The number of aromatic nitrogens is 2. The molecule has 0 bridgehead atoms. The van der Waals surface area contributed by atoms with E-state index in [0.29, 0.717) is 5.69 Å². The molecule has 0 atom stereocenters. The van der Waals surface area contributed by atoms with Crippen LogP contribution in [0.5, 0.6) is 0 Å². The van der Waals surface area contributed by atoms with E-state index in [1.165, 1.54) is 4.68 Å². The van der Waals surface area contributed by atoms with Crippen LogP contribution in [0, 0.1) is 0 Å². The fourth-order valence-electron chi connectivity index (χ4n) is 0.642. The molecule has 9 heavy (non-hydrogen) atoms. The molecule has 0 aromatic carbocycles. The summed E-state index contributed by atoms with van der Waals surface area (Å²) in [7, 11) is 3.38. The van der Waals surface area contributed by atoms with Gasteiger partial charge in [0.15, 0.2) is 0 Å². The van der Waals surface area contributed by atoms with E-state index in [2.05, 4.69) is 10.4 Å². The van der Waals surface area contributed by atoms with Crippen molar-refractivity contribution in [3.63, 3.8) is 0 Å². The first-order valence-corrected chi connectivity index (χ1v) is 2.68. The van der Waals surface area contributed by atoms with E-state index in [-0.39, 0.29) is 5.56 Å². The van der Waals surface area contributed by atoms with Gasteiger partial charge in [0, 0.05) is 20.3 Å². The molecule has 0 fully saturated rings. The van der Waals surface area contributed by atoms with Gasteiger partial charge in [-0.05, 0) is 0 Å². The molecule has 0 amide bonds. The number of hydrogen-bond donors (Lipinski definition) is 2. The summed E-state index contributed by atoms with van der Waals surface area (Å²) in [5.74, 6) is 0. The Morgan fingerprint density at radius 1 is 1.78 bits per heavy atom. The van der Waals surface area contributed by atoms with E-state index in [9.17, 15) is 4.79 Å². The van der Waals surface area contributed by atoms with Crippen LogP contribution in [0.25, 0.3) is 0 Å². The van der Waals surface area contributed by atoms with Gasteiger partial charge in [-0.1, -0.05) is 0 Å². The molecule has 0 aliphatic carbocycles. The first-order chi connectivity index (χ1) is 4.25. The number of hydrogen-bond acceptors (Lipinski definition) is 2. The van der Waals surface area contributed by atoms with Gasteiger partial charge in [-0.25, -0.2) is 0 Å². The molecule has 1 rings (SSSR count). The zero-order chi connectivity index (χ0) is 6.85. The Morgan fingerprint density at radius 3 is 2.67 bits per heavy atom. The number of nitrogens with zero attached hydrogens (tertiary/aromatic N) is 1. The van der Waals surface area contributed by atoms with Crippen molar-refractivity contribution in [1.29, 1.82) is 0 Å². The van der Waals surface area contributed by atoms with Crippen LogP contribution < -0.4 is 10.9 Å². The van der Waals surface area contributed by atoms with Gasteiger partial charge in [0.05, 0.1) is 0 Å². The van der Waals surface area contributed by atoms with Crippen molar-refractivity contribution in [2.24, 2.45) is 7.05 Å². The van der Waals surface area contributed by atoms with Crippen LogP contribution in [0.15, 0.2) is 11.0 Å². The summed E-state index contributed by atoms with van der Waals surface area (Å²) in [4.78, 5) is 10.9. The van der Waals surface area contributed by atoms with Gasteiger partial charge >= 0.3 is 0 Å². The SMILES string of the molecule is CNc1c[nH]n(C)c1=O. The van der Waals surface area contributed by atoms with E-state index in [4.69, 9.17) is 0 Å². The number of anilines is 1. The molecule has 4 nitrogen and oxygen atoms in total. The van der Waals surface area contributed by atoms with Gasteiger partial charge in [0.2, 0.25) is 0 Å². The van der Waals surface area contributed by atoms with Crippen LogP contribution in [0.2, 0.25) is 0 Å². The summed E-state index contributed by atoms with van der Waals surface area (Å²) in [5, 5.41) is 5.48. The third kappa shape index (κ3) is 0.826. The molecule has 1 aromatic heterocycles. The smallest absolute Gasteiger partial charge is 0.289 e. The first kappa shape index (κ1) is 5.94. The summed E-state index contributed by atoms with van der Waals surface area (Å²) in [5.41, 5.74) is 0.565. The summed E-state index contributed by atoms with van der Waals surface area (Å²) >= 11 is 0. The Hall–Kier alpha value is -1.19. The minimum Gasteiger partial charge on any atom is -0.382 e. The second-order valence-corrected chi connectivity index (χ2v) is 1.80. The normalized spacial score (nSPS) is 9.56. The molecule has 0 unspecified atom stereocenters. The summed E-state index contributed by atoms with van der Waals surface area (Å²) < 4.78 is 1.41. The van der Waals surface area contributed by atoms with Crippen LogP contribution in [0.3, 0.4) is 0 Å². The van der Waals surface area contributed by atoms with E-state index in [0.717, 1.165) is 0 Å². The van der Waals surface area contributed by atoms with Crippen LogP contribution >= 0.6 is 0 Å². The first-order valence-electron chi connectivity index (χ1n) is 2.68. The molecule has 0 aliphatic rings. The average Bonchev–Trinajstić information content (AvgIpc) is 2.15. The Kier molecular flexibility index (Phi) is 1.30. The highest BCUT2D eigenvalue weighted by molar-refractivity contribution is 5.36. The number of nitrogens with one attached hydrogen (secondary N) is 2. The van der Waals surface area contributed by atoms with E-state index in [1.807, 2.05) is 0 Å². The quantitative estimate of drug-likeness (QED) is 0.546. The predicted octanol–water partition coefficient (Wildman–Crippen LogP) is -0.245. The summed E-state index contributed by atoms with van der Waals surface area (Å²) in [6, 6.07) is 0. The van der Waals surface area contributed by atoms with Crippen molar-refractivity contribution in [2.45, 2.75) is 0 Å². The molecule has 0 spiro atoms. The van der Waals surface area contributed by atoms with Gasteiger partial charge < -0.3 is 10.4 Å². The maximum absolute atomic E-state index is 10.9. The lowest BCUT2D eigenvalue weighted by Gasteiger charge is -1.86. The highest BCUT2D eigenvalue weighted by atomic mass is 16.1. The van der Waals surface area contributed by atoms with Gasteiger partial charge in [0.1, 0.15) is 5.69 Å². The number of aryl methyl sites for hydroxylation is 1. The lowest BCUT2D eigenvalue weighted by atomic mass is 10.6. The van der Waals surface area contributed by atoms with Crippen molar-refractivity contribution in [3.8, 4) is 0 Å². The summed E-state index contributed by atoms with van der Waals surface area (Å²) in [6.45, 7) is 0. The number of rotatable bonds is 1. The lowest BCUT2D eigenvalue weighted by molar-refractivity contribution is 0.740. The molecule has 1 aromatic rings. The number of aromatic amines is 1. The van der Waals surface area contributed by atoms with Crippen LogP contribution in [0.1, 0.15) is 0 Å². The van der Waals surface area contributed by atoms with Crippen LogP contribution in [-0.4, -0.2) is 16.8 Å². The predicted molar refractivity (Wildman–Crippen MR) is 35.6 cm³/mol. The third-order valence-electron chi connectivity index (χ3n) is 1.21. The highest BCUT2D eigenvalue weighted by Crippen LogP contribution is 1.90. The van der Waals surface area contributed by atoms with E-state index < -0.39 is 0 Å². The average molecular weight is 127 g/mol. The topological polar surface area (TPSA) is 49.8 Å². The third-order valence-corrected chi connectivity index (χ3v) is 1.21. The largest absolute Gasteiger partial charge is 0.382 e. The molecular weight excluding hydrogens is 118 g/mol.